The van der Waals surface area contributed by atoms with E-state index in [9.17, 15) is 12.8 Å². The molecule has 1 saturated carbocycles. The van der Waals surface area contributed by atoms with Crippen LogP contribution >= 0.6 is 0 Å². The number of hydrogen-bond acceptors (Lipinski definition) is 5. The molecule has 0 spiro atoms. The molecule has 1 aromatic carbocycles. The molecule has 1 aliphatic carbocycles. The minimum Gasteiger partial charge on any atom is -0.493 e. The molecule has 8 heteroatoms. The topological polar surface area (TPSA) is 76.7 Å². The summed E-state index contributed by atoms with van der Waals surface area (Å²) in [6, 6.07) is 2.05. The quantitative estimate of drug-likeness (QED) is 0.819. The highest BCUT2D eigenvalue weighted by atomic mass is 32.2. The maximum absolute atomic E-state index is 14.0. The number of nitrogens with one attached hydrogen (secondary N) is 2. The Morgan fingerprint density at radius 2 is 1.76 bits per heavy atom. The maximum atomic E-state index is 14.0. The molecule has 0 amide bonds. The van der Waals surface area contributed by atoms with E-state index in [1.54, 1.807) is 0 Å². The van der Waals surface area contributed by atoms with E-state index in [1.165, 1.54) is 14.2 Å². The molecule has 1 aliphatic heterocycles. The van der Waals surface area contributed by atoms with Gasteiger partial charge in [0.25, 0.3) is 0 Å². The lowest BCUT2D eigenvalue weighted by Crippen LogP contribution is -2.33. The van der Waals surface area contributed by atoms with Crippen molar-refractivity contribution in [2.24, 2.45) is 11.8 Å². The Morgan fingerprint density at radius 3 is 2.33 bits per heavy atom. The molecule has 21 heavy (non-hydrogen) atoms. The summed E-state index contributed by atoms with van der Waals surface area (Å²) >= 11 is 0. The van der Waals surface area contributed by atoms with Gasteiger partial charge in [0.15, 0.2) is 11.5 Å². The maximum Gasteiger partial charge on any atom is 0.243 e. The number of halogens is 1. The van der Waals surface area contributed by atoms with Gasteiger partial charge in [-0.3, -0.25) is 0 Å². The molecule has 2 atom stereocenters. The smallest absolute Gasteiger partial charge is 0.243 e. The van der Waals surface area contributed by atoms with Gasteiger partial charge in [-0.25, -0.2) is 17.5 Å². The van der Waals surface area contributed by atoms with E-state index in [0.29, 0.717) is 11.8 Å². The van der Waals surface area contributed by atoms with Crippen LogP contribution in [0, 0.1) is 17.7 Å². The fourth-order valence-electron chi connectivity index (χ4n) is 2.88. The summed E-state index contributed by atoms with van der Waals surface area (Å²) in [5.41, 5.74) is 0. The zero-order valence-electron chi connectivity index (χ0n) is 11.7. The first-order valence-corrected chi connectivity index (χ1v) is 8.11. The summed E-state index contributed by atoms with van der Waals surface area (Å²) in [6.07, 6.45) is 0. The monoisotopic (exact) mass is 316 g/mol. The third kappa shape index (κ3) is 2.47. The van der Waals surface area contributed by atoms with Crippen LogP contribution in [0.1, 0.15) is 0 Å². The van der Waals surface area contributed by atoms with Gasteiger partial charge in [0.1, 0.15) is 10.7 Å². The van der Waals surface area contributed by atoms with E-state index in [-0.39, 0.29) is 17.5 Å². The van der Waals surface area contributed by atoms with Crippen molar-refractivity contribution in [1.82, 2.24) is 10.0 Å². The van der Waals surface area contributed by atoms with Crippen LogP contribution in [0.5, 0.6) is 11.5 Å². The molecular weight excluding hydrogens is 299 g/mol. The largest absolute Gasteiger partial charge is 0.493 e. The molecule has 2 aliphatic rings. The van der Waals surface area contributed by atoms with Gasteiger partial charge >= 0.3 is 0 Å². The van der Waals surface area contributed by atoms with Crippen molar-refractivity contribution < 1.29 is 22.3 Å². The van der Waals surface area contributed by atoms with Gasteiger partial charge in [-0.1, -0.05) is 0 Å². The molecule has 1 saturated heterocycles. The second kappa shape index (κ2) is 5.11. The molecule has 2 N–H and O–H groups in total. The number of sulfonamides is 1. The van der Waals surface area contributed by atoms with Gasteiger partial charge < -0.3 is 14.8 Å². The SMILES string of the molecule is COc1cc(F)c(S(=O)(=O)NC2C3CNCC32)cc1OC. The Morgan fingerprint density at radius 1 is 1.19 bits per heavy atom. The van der Waals surface area contributed by atoms with E-state index < -0.39 is 20.7 Å². The van der Waals surface area contributed by atoms with Crippen molar-refractivity contribution >= 4 is 10.0 Å². The van der Waals surface area contributed by atoms with Crippen LogP contribution in [-0.2, 0) is 10.0 Å². The average molecular weight is 316 g/mol. The average Bonchev–Trinajstić information content (AvgIpc) is 2.89. The molecule has 1 heterocycles. The Bertz CT molecular complexity index is 654. The molecule has 0 aromatic heterocycles. The zero-order chi connectivity index (χ0) is 15.2. The molecule has 6 nitrogen and oxygen atoms in total. The molecule has 0 bridgehead atoms. The number of ether oxygens (including phenoxy) is 2. The lowest BCUT2D eigenvalue weighted by atomic mass is 10.3. The fraction of sp³-hybridized carbons (Fsp3) is 0.538. The van der Waals surface area contributed by atoms with Crippen LogP contribution in [0.15, 0.2) is 17.0 Å². The van der Waals surface area contributed by atoms with Gasteiger partial charge in [0.2, 0.25) is 10.0 Å². The van der Waals surface area contributed by atoms with Crippen molar-refractivity contribution in [2.75, 3.05) is 27.3 Å². The number of piperidine rings is 1. The minimum atomic E-state index is -3.92. The number of rotatable bonds is 5. The molecule has 0 radical (unpaired) electrons. The Kier molecular flexibility index (Phi) is 3.54. The summed E-state index contributed by atoms with van der Waals surface area (Å²) in [4.78, 5) is -0.418. The minimum absolute atomic E-state index is 0.108. The van der Waals surface area contributed by atoms with Gasteiger partial charge in [-0.2, -0.15) is 0 Å². The second-order valence-electron chi connectivity index (χ2n) is 5.27. The highest BCUT2D eigenvalue weighted by molar-refractivity contribution is 7.89. The molecular formula is C13H17FN2O4S. The standard InChI is InChI=1S/C13H17FN2O4S/c1-19-10-3-9(14)12(4-11(10)20-2)21(17,18)16-13-7-5-15-6-8(7)13/h3-4,7-8,13,15-16H,5-6H2,1-2H3. The summed E-state index contributed by atoms with van der Waals surface area (Å²) in [7, 11) is -1.18. The molecule has 116 valence electrons. The Labute approximate surface area is 122 Å². The van der Waals surface area contributed by atoms with Crippen molar-refractivity contribution in [2.45, 2.75) is 10.9 Å². The third-order valence-corrected chi connectivity index (χ3v) is 5.58. The first-order valence-electron chi connectivity index (χ1n) is 6.62. The lowest BCUT2D eigenvalue weighted by molar-refractivity contribution is 0.350. The van der Waals surface area contributed by atoms with Gasteiger partial charge in [-0.05, 0) is 24.9 Å². The van der Waals surface area contributed by atoms with Crippen LogP contribution in [0.3, 0.4) is 0 Å². The number of benzene rings is 1. The first-order chi connectivity index (χ1) is 9.97. The Balaban J connectivity index is 1.88. The predicted octanol–water partition coefficient (Wildman–Crippen LogP) is 0.339. The van der Waals surface area contributed by atoms with Gasteiger partial charge in [0.05, 0.1) is 14.2 Å². The van der Waals surface area contributed by atoms with Crippen molar-refractivity contribution in [1.29, 1.82) is 0 Å². The van der Waals surface area contributed by atoms with Crippen molar-refractivity contribution in [3.63, 3.8) is 0 Å². The van der Waals surface area contributed by atoms with E-state index in [1.807, 2.05) is 0 Å². The van der Waals surface area contributed by atoms with Crippen LogP contribution in [-0.4, -0.2) is 41.8 Å². The number of methoxy groups -OCH3 is 2. The highest BCUT2D eigenvalue weighted by Gasteiger charge is 2.54. The fourth-order valence-corrected chi connectivity index (χ4v) is 4.29. The van der Waals surface area contributed by atoms with Gasteiger partial charge in [0, 0.05) is 18.2 Å². The summed E-state index contributed by atoms with van der Waals surface area (Å²) in [6.45, 7) is 1.60. The molecule has 2 fully saturated rings. The summed E-state index contributed by atoms with van der Waals surface area (Å²) < 4.78 is 51.3. The second-order valence-corrected chi connectivity index (χ2v) is 6.95. The lowest BCUT2D eigenvalue weighted by Gasteiger charge is -2.13. The highest BCUT2D eigenvalue weighted by Crippen LogP contribution is 2.43. The molecule has 2 unspecified atom stereocenters. The van der Waals surface area contributed by atoms with E-state index in [2.05, 4.69) is 10.0 Å². The summed E-state index contributed by atoms with van der Waals surface area (Å²) in [5.74, 6) is 0.0911. The van der Waals surface area contributed by atoms with Crippen LogP contribution in [0.25, 0.3) is 0 Å². The third-order valence-electron chi connectivity index (χ3n) is 4.11. The van der Waals surface area contributed by atoms with Crippen LogP contribution in [0.2, 0.25) is 0 Å². The van der Waals surface area contributed by atoms with Crippen LogP contribution < -0.4 is 19.5 Å². The van der Waals surface area contributed by atoms with Crippen molar-refractivity contribution in [3.05, 3.63) is 17.9 Å². The van der Waals surface area contributed by atoms with Crippen molar-refractivity contribution in [3.8, 4) is 11.5 Å². The molecule has 3 rings (SSSR count). The Hall–Kier alpha value is -1.38. The van der Waals surface area contributed by atoms with E-state index in [0.717, 1.165) is 25.2 Å². The predicted molar refractivity (Wildman–Crippen MR) is 73.5 cm³/mol. The van der Waals surface area contributed by atoms with Crippen LogP contribution in [0.4, 0.5) is 4.39 Å². The zero-order valence-corrected chi connectivity index (χ0v) is 12.5. The normalized spacial score (nSPS) is 27.3. The van der Waals surface area contributed by atoms with Gasteiger partial charge in [-0.15, -0.1) is 0 Å². The number of hydrogen-bond donors (Lipinski definition) is 2. The number of fused-ring (bicyclic) bond motifs is 1. The van der Waals surface area contributed by atoms with E-state index >= 15 is 0 Å². The summed E-state index contributed by atoms with van der Waals surface area (Å²) in [5, 5.41) is 3.18. The first kappa shape index (κ1) is 14.6. The molecule has 1 aromatic rings. The van der Waals surface area contributed by atoms with E-state index in [4.69, 9.17) is 9.47 Å².